The molecular formula is C13H21N3O2S. The first-order valence-corrected chi connectivity index (χ1v) is 7.88. The number of hydrogen-bond acceptors (Lipinski definition) is 3. The maximum Gasteiger partial charge on any atom is 0.245 e. The van der Waals surface area contributed by atoms with Crippen molar-refractivity contribution < 1.29 is 8.42 Å². The van der Waals surface area contributed by atoms with E-state index in [1.54, 1.807) is 11.6 Å². The van der Waals surface area contributed by atoms with Gasteiger partial charge in [-0.25, -0.2) is 8.42 Å². The smallest absolute Gasteiger partial charge is 0.245 e. The van der Waals surface area contributed by atoms with Crippen LogP contribution >= 0.6 is 0 Å². The quantitative estimate of drug-likeness (QED) is 0.808. The van der Waals surface area contributed by atoms with Gasteiger partial charge in [0.15, 0.2) is 0 Å². The van der Waals surface area contributed by atoms with Gasteiger partial charge in [-0.05, 0) is 26.7 Å². The van der Waals surface area contributed by atoms with Crippen LogP contribution in [-0.4, -0.2) is 23.7 Å². The van der Waals surface area contributed by atoms with Crippen molar-refractivity contribution in [2.24, 2.45) is 0 Å². The predicted octanol–water partition coefficient (Wildman–Crippen LogP) is 1.68. The molecule has 0 unspecified atom stereocenters. The lowest BCUT2D eigenvalue weighted by molar-refractivity contribution is 0.451. The van der Waals surface area contributed by atoms with Gasteiger partial charge >= 0.3 is 0 Å². The molecule has 0 bridgehead atoms. The van der Waals surface area contributed by atoms with E-state index < -0.39 is 15.6 Å². The van der Waals surface area contributed by atoms with Gasteiger partial charge in [-0.3, -0.25) is 4.68 Å². The fourth-order valence-electron chi connectivity index (χ4n) is 1.95. The topological polar surface area (TPSA) is 64.0 Å². The lowest BCUT2D eigenvalue weighted by Gasteiger charge is -2.26. The van der Waals surface area contributed by atoms with Crippen LogP contribution in [0.1, 0.15) is 39.3 Å². The SMILES string of the molecule is C#CC(CC)(CC)NS(=O)(=O)c1cnn(CC)c1C. The molecule has 1 aromatic heterocycles. The van der Waals surface area contributed by atoms with Gasteiger partial charge in [-0.1, -0.05) is 19.8 Å². The molecule has 6 heteroatoms. The van der Waals surface area contributed by atoms with E-state index >= 15 is 0 Å². The number of nitrogens with one attached hydrogen (secondary N) is 1. The van der Waals surface area contributed by atoms with Crippen LogP contribution in [0, 0.1) is 19.3 Å². The molecule has 0 radical (unpaired) electrons. The third-order valence-corrected chi connectivity index (χ3v) is 5.10. The van der Waals surface area contributed by atoms with Crippen molar-refractivity contribution in [1.82, 2.24) is 14.5 Å². The Labute approximate surface area is 115 Å². The molecule has 0 saturated carbocycles. The van der Waals surface area contributed by atoms with Crippen LogP contribution < -0.4 is 4.72 Å². The highest BCUT2D eigenvalue weighted by molar-refractivity contribution is 7.89. The first-order valence-electron chi connectivity index (χ1n) is 6.40. The third-order valence-electron chi connectivity index (χ3n) is 3.46. The highest BCUT2D eigenvalue weighted by Crippen LogP contribution is 2.20. The standard InChI is InChI=1S/C13H21N3O2S/c1-6-13(7-2,8-3)15-19(17,18)12-10-14-16(9-4)11(12)5/h1,10,15H,7-9H2,2-5H3. The molecule has 0 aliphatic carbocycles. The highest BCUT2D eigenvalue weighted by Gasteiger charge is 2.32. The highest BCUT2D eigenvalue weighted by atomic mass is 32.2. The van der Waals surface area contributed by atoms with E-state index in [2.05, 4.69) is 15.7 Å². The van der Waals surface area contributed by atoms with E-state index in [4.69, 9.17) is 6.42 Å². The van der Waals surface area contributed by atoms with Gasteiger partial charge in [0.05, 0.1) is 17.4 Å². The first kappa shape index (κ1) is 15.7. The van der Waals surface area contributed by atoms with Gasteiger partial charge in [0.2, 0.25) is 10.0 Å². The van der Waals surface area contributed by atoms with Gasteiger partial charge in [-0.2, -0.15) is 9.82 Å². The molecule has 0 saturated heterocycles. The minimum absolute atomic E-state index is 0.191. The maximum absolute atomic E-state index is 12.4. The summed E-state index contributed by atoms with van der Waals surface area (Å²) in [4.78, 5) is 0.191. The normalized spacial score (nSPS) is 12.4. The number of aryl methyl sites for hydroxylation is 1. The van der Waals surface area contributed by atoms with Gasteiger partial charge in [0.25, 0.3) is 0 Å². The molecule has 1 aromatic rings. The molecule has 0 amide bonds. The molecule has 0 fully saturated rings. The monoisotopic (exact) mass is 283 g/mol. The van der Waals surface area contributed by atoms with Crippen molar-refractivity contribution in [3.05, 3.63) is 11.9 Å². The lowest BCUT2D eigenvalue weighted by atomic mass is 9.96. The summed E-state index contributed by atoms with van der Waals surface area (Å²) in [5.74, 6) is 2.56. The van der Waals surface area contributed by atoms with E-state index in [0.29, 0.717) is 25.1 Å². The molecule has 0 spiro atoms. The zero-order valence-corrected chi connectivity index (χ0v) is 12.7. The van der Waals surface area contributed by atoms with Crippen LogP contribution in [-0.2, 0) is 16.6 Å². The summed E-state index contributed by atoms with van der Waals surface area (Å²) in [6, 6.07) is 0. The van der Waals surface area contributed by atoms with Crippen LogP contribution in [0.2, 0.25) is 0 Å². The summed E-state index contributed by atoms with van der Waals surface area (Å²) in [5, 5.41) is 4.05. The van der Waals surface area contributed by atoms with E-state index in [9.17, 15) is 8.42 Å². The Balaban J connectivity index is 3.19. The Morgan fingerprint density at radius 3 is 2.37 bits per heavy atom. The summed E-state index contributed by atoms with van der Waals surface area (Å²) < 4.78 is 29.1. The second kappa shape index (κ2) is 5.76. The van der Waals surface area contributed by atoms with Crippen LogP contribution in [0.5, 0.6) is 0 Å². The minimum atomic E-state index is -3.65. The first-order chi connectivity index (χ1) is 8.85. The average molecular weight is 283 g/mol. The molecule has 0 aromatic carbocycles. The third kappa shape index (κ3) is 2.99. The van der Waals surface area contributed by atoms with Crippen LogP contribution in [0.4, 0.5) is 0 Å². The summed E-state index contributed by atoms with van der Waals surface area (Å²) >= 11 is 0. The van der Waals surface area contributed by atoms with Gasteiger partial charge in [0.1, 0.15) is 4.90 Å². The van der Waals surface area contributed by atoms with Gasteiger partial charge in [0, 0.05) is 6.54 Å². The molecule has 0 atom stereocenters. The second-order valence-electron chi connectivity index (χ2n) is 4.45. The largest absolute Gasteiger partial charge is 0.269 e. The zero-order chi connectivity index (χ0) is 14.7. The molecule has 1 heterocycles. The number of nitrogens with zero attached hydrogens (tertiary/aromatic N) is 2. The number of rotatable bonds is 6. The molecule has 5 nitrogen and oxygen atoms in total. The number of sulfonamides is 1. The number of terminal acetylenes is 1. The Kier molecular flexibility index (Phi) is 4.77. The van der Waals surface area contributed by atoms with Crippen LogP contribution in [0.3, 0.4) is 0 Å². The molecule has 0 aliphatic rings. The van der Waals surface area contributed by atoms with Crippen molar-refractivity contribution in [1.29, 1.82) is 0 Å². The van der Waals surface area contributed by atoms with Crippen molar-refractivity contribution in [2.45, 2.75) is 57.5 Å². The molecule has 106 valence electrons. The summed E-state index contributed by atoms with van der Waals surface area (Å²) in [6.45, 7) is 8.01. The summed E-state index contributed by atoms with van der Waals surface area (Å²) in [5.41, 5.74) is -0.215. The van der Waals surface area contributed by atoms with E-state index in [1.807, 2.05) is 20.8 Å². The van der Waals surface area contributed by atoms with Gasteiger partial charge < -0.3 is 0 Å². The second-order valence-corrected chi connectivity index (χ2v) is 6.10. The molecule has 1 rings (SSSR count). The van der Waals surface area contributed by atoms with Gasteiger partial charge in [-0.15, -0.1) is 6.42 Å². The maximum atomic E-state index is 12.4. The number of hydrogen-bond donors (Lipinski definition) is 1. The minimum Gasteiger partial charge on any atom is -0.269 e. The van der Waals surface area contributed by atoms with Crippen molar-refractivity contribution in [3.63, 3.8) is 0 Å². The Bertz CT molecular complexity index is 578. The van der Waals surface area contributed by atoms with Crippen LogP contribution in [0.25, 0.3) is 0 Å². The fraction of sp³-hybridized carbons (Fsp3) is 0.615. The fourth-order valence-corrected chi connectivity index (χ4v) is 3.60. The van der Waals surface area contributed by atoms with Crippen molar-refractivity contribution in [2.75, 3.05) is 0 Å². The molecule has 1 N–H and O–H groups in total. The van der Waals surface area contributed by atoms with E-state index in [0.717, 1.165) is 0 Å². The molecular weight excluding hydrogens is 262 g/mol. The Morgan fingerprint density at radius 1 is 1.42 bits per heavy atom. The summed E-state index contributed by atoms with van der Waals surface area (Å²) in [6.07, 6.45) is 7.94. The molecule has 0 aliphatic heterocycles. The lowest BCUT2D eigenvalue weighted by Crippen LogP contribution is -2.46. The van der Waals surface area contributed by atoms with Crippen molar-refractivity contribution >= 4 is 10.0 Å². The average Bonchev–Trinajstić information content (AvgIpc) is 2.78. The Hall–Kier alpha value is -1.32. The molecule has 19 heavy (non-hydrogen) atoms. The zero-order valence-electron chi connectivity index (χ0n) is 11.9. The van der Waals surface area contributed by atoms with E-state index in [1.165, 1.54) is 6.20 Å². The van der Waals surface area contributed by atoms with Crippen molar-refractivity contribution in [3.8, 4) is 12.3 Å². The summed E-state index contributed by atoms with van der Waals surface area (Å²) in [7, 11) is -3.65. The predicted molar refractivity (Wildman–Crippen MR) is 75.1 cm³/mol. The van der Waals surface area contributed by atoms with Crippen LogP contribution in [0.15, 0.2) is 11.1 Å². The number of aromatic nitrogens is 2. The van der Waals surface area contributed by atoms with E-state index in [-0.39, 0.29) is 4.90 Å². The Morgan fingerprint density at radius 2 is 2.00 bits per heavy atom.